The molecule has 1 aromatic heterocycles. The molecule has 4 atom stereocenters. The summed E-state index contributed by atoms with van der Waals surface area (Å²) in [5.74, 6) is 0.138. The van der Waals surface area contributed by atoms with E-state index in [-0.39, 0.29) is 5.75 Å². The van der Waals surface area contributed by atoms with Crippen LogP contribution in [0.2, 0.25) is 10.0 Å². The number of aliphatic hydroxyl groups excluding tert-OH is 3. The van der Waals surface area contributed by atoms with E-state index in [1.807, 2.05) is 6.07 Å². The van der Waals surface area contributed by atoms with Crippen LogP contribution < -0.4 is 0 Å². The number of ether oxygens (including phenoxy) is 1. The molecule has 1 saturated heterocycles. The van der Waals surface area contributed by atoms with Gasteiger partial charge in [0, 0.05) is 0 Å². The molecule has 1 fully saturated rings. The standard InChI is InChI=1S/C14H13Cl2N3O4S/c15-6-3-8-9(4-7(6)16)19(14(18-8)24-2-1-17)13-12(22)11(21)10(5-20)23-13/h3-4,10-13,20-22H,2,5H2/t10-,11-,12-,13?/m1/s1. The average Bonchev–Trinajstić information content (AvgIpc) is 3.04. The van der Waals surface area contributed by atoms with Crippen molar-refractivity contribution in [1.29, 1.82) is 5.26 Å². The Labute approximate surface area is 151 Å². The molecule has 3 N–H and O–H groups in total. The molecule has 1 unspecified atom stereocenters. The monoisotopic (exact) mass is 389 g/mol. The summed E-state index contributed by atoms with van der Waals surface area (Å²) >= 11 is 13.2. The van der Waals surface area contributed by atoms with Crippen LogP contribution in [0.5, 0.6) is 0 Å². The third kappa shape index (κ3) is 2.97. The summed E-state index contributed by atoms with van der Waals surface area (Å²) in [5.41, 5.74) is 1.06. The lowest BCUT2D eigenvalue weighted by atomic mass is 10.1. The molecule has 10 heteroatoms. The molecule has 0 bridgehead atoms. The predicted octanol–water partition coefficient (Wildman–Crippen LogP) is 1.57. The van der Waals surface area contributed by atoms with Crippen LogP contribution in [-0.2, 0) is 4.74 Å². The number of fused-ring (bicyclic) bond motifs is 1. The quantitative estimate of drug-likeness (QED) is 0.680. The summed E-state index contributed by atoms with van der Waals surface area (Å²) in [7, 11) is 0. The van der Waals surface area contributed by atoms with Gasteiger partial charge in [0.05, 0.1) is 39.5 Å². The summed E-state index contributed by atoms with van der Waals surface area (Å²) in [6.45, 7) is -0.436. The van der Waals surface area contributed by atoms with Crippen LogP contribution in [0.15, 0.2) is 17.3 Å². The number of aliphatic hydroxyl groups is 3. The molecule has 7 nitrogen and oxygen atoms in total. The summed E-state index contributed by atoms with van der Waals surface area (Å²) in [6.07, 6.45) is -4.40. The van der Waals surface area contributed by atoms with Crippen LogP contribution in [0.25, 0.3) is 11.0 Å². The molecule has 0 saturated carbocycles. The lowest BCUT2D eigenvalue weighted by molar-refractivity contribution is -0.0545. The van der Waals surface area contributed by atoms with Crippen molar-refractivity contribution in [1.82, 2.24) is 9.55 Å². The number of aromatic nitrogens is 2. The molecular weight excluding hydrogens is 377 g/mol. The topological polar surface area (TPSA) is 112 Å². The number of nitrogens with zero attached hydrogens (tertiary/aromatic N) is 3. The maximum absolute atomic E-state index is 10.3. The second kappa shape index (κ2) is 7.06. The smallest absolute Gasteiger partial charge is 0.172 e. The lowest BCUT2D eigenvalue weighted by Crippen LogP contribution is -2.33. The van der Waals surface area contributed by atoms with Crippen molar-refractivity contribution >= 4 is 46.0 Å². The molecular formula is C14H13Cl2N3O4S. The van der Waals surface area contributed by atoms with Gasteiger partial charge < -0.3 is 20.1 Å². The van der Waals surface area contributed by atoms with Crippen LogP contribution in [0.3, 0.4) is 0 Å². The number of hydrogen-bond acceptors (Lipinski definition) is 7. The van der Waals surface area contributed by atoms with Crippen LogP contribution in [-0.4, -0.2) is 55.5 Å². The highest BCUT2D eigenvalue weighted by Crippen LogP contribution is 2.38. The van der Waals surface area contributed by atoms with Crippen molar-refractivity contribution in [3.63, 3.8) is 0 Å². The Kier molecular flexibility index (Phi) is 5.22. The number of benzene rings is 1. The van der Waals surface area contributed by atoms with E-state index in [2.05, 4.69) is 4.98 Å². The lowest BCUT2D eigenvalue weighted by Gasteiger charge is -2.19. The van der Waals surface area contributed by atoms with Crippen LogP contribution >= 0.6 is 35.0 Å². The summed E-state index contributed by atoms with van der Waals surface area (Å²) in [4.78, 5) is 4.40. The van der Waals surface area contributed by atoms with Gasteiger partial charge in [-0.2, -0.15) is 5.26 Å². The first kappa shape index (κ1) is 17.8. The van der Waals surface area contributed by atoms with E-state index in [9.17, 15) is 15.3 Å². The first-order chi connectivity index (χ1) is 11.5. The highest BCUT2D eigenvalue weighted by Gasteiger charge is 2.44. The van der Waals surface area contributed by atoms with Crippen LogP contribution in [0.4, 0.5) is 0 Å². The summed E-state index contributed by atoms with van der Waals surface area (Å²) in [6, 6.07) is 5.16. The molecule has 1 aromatic carbocycles. The van der Waals surface area contributed by atoms with Gasteiger partial charge in [-0.05, 0) is 12.1 Å². The van der Waals surface area contributed by atoms with Gasteiger partial charge in [0.1, 0.15) is 18.3 Å². The van der Waals surface area contributed by atoms with Crippen LogP contribution in [0.1, 0.15) is 6.23 Å². The number of nitriles is 1. The summed E-state index contributed by atoms with van der Waals surface area (Å²) < 4.78 is 7.14. The number of hydrogen-bond donors (Lipinski definition) is 3. The van der Waals surface area contributed by atoms with E-state index in [4.69, 9.17) is 33.2 Å². The Morgan fingerprint density at radius 3 is 2.62 bits per heavy atom. The maximum Gasteiger partial charge on any atom is 0.172 e. The van der Waals surface area contributed by atoms with Gasteiger partial charge in [0.15, 0.2) is 11.4 Å². The number of thioether (sulfide) groups is 1. The maximum atomic E-state index is 10.3. The second-order valence-electron chi connectivity index (χ2n) is 5.20. The Morgan fingerprint density at radius 2 is 2.00 bits per heavy atom. The van der Waals surface area contributed by atoms with Gasteiger partial charge in [-0.25, -0.2) is 4.98 Å². The zero-order valence-electron chi connectivity index (χ0n) is 12.1. The normalized spacial score (nSPS) is 26.8. The van der Waals surface area contributed by atoms with Gasteiger partial charge in [-0.1, -0.05) is 35.0 Å². The Morgan fingerprint density at radius 1 is 1.29 bits per heavy atom. The first-order valence-electron chi connectivity index (χ1n) is 6.97. The summed E-state index contributed by atoms with van der Waals surface area (Å²) in [5, 5.41) is 39.4. The Hall–Kier alpha value is -1.05. The van der Waals surface area contributed by atoms with Crippen molar-refractivity contribution < 1.29 is 20.1 Å². The molecule has 1 aliphatic rings. The molecule has 0 aliphatic carbocycles. The third-order valence-electron chi connectivity index (χ3n) is 3.74. The van der Waals surface area contributed by atoms with E-state index >= 15 is 0 Å². The molecule has 2 aromatic rings. The minimum Gasteiger partial charge on any atom is -0.394 e. The van der Waals surface area contributed by atoms with E-state index in [0.29, 0.717) is 26.2 Å². The zero-order valence-corrected chi connectivity index (χ0v) is 14.5. The third-order valence-corrected chi connectivity index (χ3v) is 5.28. The van der Waals surface area contributed by atoms with E-state index in [1.165, 1.54) is 0 Å². The molecule has 0 radical (unpaired) electrons. The average molecular weight is 390 g/mol. The fraction of sp³-hybridized carbons (Fsp3) is 0.429. The molecule has 2 heterocycles. The van der Waals surface area contributed by atoms with Gasteiger partial charge in [-0.15, -0.1) is 0 Å². The number of rotatable bonds is 4. The van der Waals surface area contributed by atoms with Crippen molar-refractivity contribution in [2.24, 2.45) is 0 Å². The minimum absolute atomic E-state index is 0.138. The van der Waals surface area contributed by atoms with Crippen molar-refractivity contribution in [3.8, 4) is 6.07 Å². The fourth-order valence-corrected chi connectivity index (χ4v) is 3.62. The van der Waals surface area contributed by atoms with Gasteiger partial charge in [-0.3, -0.25) is 4.57 Å². The van der Waals surface area contributed by atoms with Crippen molar-refractivity contribution in [2.75, 3.05) is 12.4 Å². The minimum atomic E-state index is -1.27. The molecule has 0 amide bonds. The van der Waals surface area contributed by atoms with E-state index in [1.54, 1.807) is 16.7 Å². The highest BCUT2D eigenvalue weighted by molar-refractivity contribution is 7.99. The fourth-order valence-electron chi connectivity index (χ4n) is 2.61. The Bertz CT molecular complexity index is 809. The number of imidazole rings is 1. The van der Waals surface area contributed by atoms with E-state index < -0.39 is 31.1 Å². The van der Waals surface area contributed by atoms with Gasteiger partial charge >= 0.3 is 0 Å². The largest absolute Gasteiger partial charge is 0.394 e. The molecule has 0 spiro atoms. The first-order valence-corrected chi connectivity index (χ1v) is 8.71. The Balaban J connectivity index is 2.14. The molecule has 128 valence electrons. The molecule has 3 rings (SSSR count). The molecule has 1 aliphatic heterocycles. The van der Waals surface area contributed by atoms with Gasteiger partial charge in [0.25, 0.3) is 0 Å². The number of halogens is 2. The highest BCUT2D eigenvalue weighted by atomic mass is 35.5. The SMILES string of the molecule is N#CCSc1nc2cc(Cl)c(Cl)cc2n1C1O[C@H](CO)[C@@H](O)[C@H]1O. The second-order valence-corrected chi connectivity index (χ2v) is 6.95. The molecule has 24 heavy (non-hydrogen) atoms. The van der Waals surface area contributed by atoms with Gasteiger partial charge in [0.2, 0.25) is 0 Å². The van der Waals surface area contributed by atoms with E-state index in [0.717, 1.165) is 11.8 Å². The van der Waals surface area contributed by atoms with Crippen LogP contribution in [0, 0.1) is 11.3 Å². The predicted molar refractivity (Wildman–Crippen MR) is 89.1 cm³/mol. The van der Waals surface area contributed by atoms with Crippen molar-refractivity contribution in [2.45, 2.75) is 29.7 Å². The zero-order chi connectivity index (χ0) is 17.4. The van der Waals surface area contributed by atoms with Crippen molar-refractivity contribution in [3.05, 3.63) is 22.2 Å².